The van der Waals surface area contributed by atoms with Gasteiger partial charge in [-0.1, -0.05) is 47.7 Å². The molecule has 0 spiro atoms. The molecule has 0 saturated heterocycles. The van der Waals surface area contributed by atoms with Crippen molar-refractivity contribution >= 4 is 15.9 Å². The van der Waals surface area contributed by atoms with Gasteiger partial charge in [0.1, 0.15) is 0 Å². The maximum Gasteiger partial charge on any atom is 0.417 e. The van der Waals surface area contributed by atoms with E-state index in [0.717, 1.165) is 25.7 Å². The Hall–Kier alpha value is -0.550. The molecule has 1 atom stereocenters. The Bertz CT molecular complexity index is 451. The summed E-state index contributed by atoms with van der Waals surface area (Å²) in [4.78, 5) is 0. The number of nitrogens with two attached hydrogens (primary N) is 1. The number of hydrogen-bond donors (Lipinski definition) is 1. The molecule has 20 heavy (non-hydrogen) atoms. The summed E-state index contributed by atoms with van der Waals surface area (Å²) in [5.74, 6) is 0.291. The quantitative estimate of drug-likeness (QED) is 0.707. The normalized spacial score (nSPS) is 19.6. The highest BCUT2D eigenvalue weighted by atomic mass is 79.9. The Morgan fingerprint density at radius 3 is 2.25 bits per heavy atom. The van der Waals surface area contributed by atoms with Crippen LogP contribution in [0.15, 0.2) is 22.7 Å². The van der Waals surface area contributed by atoms with Crippen molar-refractivity contribution in [1.29, 1.82) is 0 Å². The molecule has 1 unspecified atom stereocenters. The SMILES string of the molecule is NC(c1ccc(Br)c(C(F)(F)F)c1)C1CCCCCC1. The van der Waals surface area contributed by atoms with Gasteiger partial charge in [0.15, 0.2) is 0 Å². The van der Waals surface area contributed by atoms with E-state index in [4.69, 9.17) is 5.73 Å². The first kappa shape index (κ1) is 15.8. The third-order valence-corrected chi connectivity index (χ3v) is 4.78. The summed E-state index contributed by atoms with van der Waals surface area (Å²) in [5, 5.41) is 0. The van der Waals surface area contributed by atoms with Crippen LogP contribution in [-0.4, -0.2) is 0 Å². The largest absolute Gasteiger partial charge is 0.417 e. The molecular weight excluding hydrogens is 331 g/mol. The fourth-order valence-corrected chi connectivity index (χ4v) is 3.38. The van der Waals surface area contributed by atoms with Crippen molar-refractivity contribution in [3.05, 3.63) is 33.8 Å². The molecule has 2 rings (SSSR count). The Morgan fingerprint density at radius 2 is 1.70 bits per heavy atom. The van der Waals surface area contributed by atoms with E-state index < -0.39 is 11.7 Å². The summed E-state index contributed by atoms with van der Waals surface area (Å²) in [6.45, 7) is 0. The summed E-state index contributed by atoms with van der Waals surface area (Å²) in [6, 6.07) is 4.05. The maximum atomic E-state index is 12.9. The minimum atomic E-state index is -4.35. The van der Waals surface area contributed by atoms with Crippen molar-refractivity contribution in [3.63, 3.8) is 0 Å². The van der Waals surface area contributed by atoms with Gasteiger partial charge in [0.25, 0.3) is 0 Å². The molecule has 1 aromatic carbocycles. The van der Waals surface area contributed by atoms with E-state index in [1.54, 1.807) is 6.07 Å². The second kappa shape index (κ2) is 6.48. The standard InChI is InChI=1S/C15H19BrF3N/c16-13-8-7-11(9-12(13)15(17,18)19)14(20)10-5-3-1-2-4-6-10/h7-10,14H,1-6,20H2. The second-order valence-corrected chi connectivity index (χ2v) is 6.37. The molecule has 2 N–H and O–H groups in total. The molecule has 1 aromatic rings. The Balaban J connectivity index is 2.23. The minimum Gasteiger partial charge on any atom is -0.324 e. The van der Waals surface area contributed by atoms with Gasteiger partial charge >= 0.3 is 6.18 Å². The fourth-order valence-electron chi connectivity index (χ4n) is 2.91. The van der Waals surface area contributed by atoms with Gasteiger partial charge in [-0.2, -0.15) is 13.2 Å². The lowest BCUT2D eigenvalue weighted by Gasteiger charge is -2.23. The van der Waals surface area contributed by atoms with Crippen LogP contribution in [0, 0.1) is 5.92 Å². The minimum absolute atomic E-state index is 0.0711. The van der Waals surface area contributed by atoms with Crippen LogP contribution in [0.25, 0.3) is 0 Å². The van der Waals surface area contributed by atoms with E-state index in [1.807, 2.05) is 0 Å². The number of hydrogen-bond acceptors (Lipinski definition) is 1. The molecule has 1 aliphatic carbocycles. The number of halogens is 4. The lowest BCUT2D eigenvalue weighted by molar-refractivity contribution is -0.138. The Labute approximate surface area is 125 Å². The molecule has 0 aromatic heterocycles. The first-order chi connectivity index (χ1) is 9.39. The zero-order valence-corrected chi connectivity index (χ0v) is 12.8. The molecule has 1 fully saturated rings. The molecule has 5 heteroatoms. The summed E-state index contributed by atoms with van der Waals surface area (Å²) in [5.41, 5.74) is 6.17. The molecule has 1 nitrogen and oxygen atoms in total. The molecule has 1 aliphatic rings. The van der Waals surface area contributed by atoms with Gasteiger partial charge in [0, 0.05) is 10.5 Å². The summed E-state index contributed by atoms with van der Waals surface area (Å²) >= 11 is 2.96. The van der Waals surface area contributed by atoms with Gasteiger partial charge in [-0.3, -0.25) is 0 Å². The van der Waals surface area contributed by atoms with Crippen LogP contribution < -0.4 is 5.73 Å². The predicted octanol–water partition coefficient (Wildman–Crippen LogP) is 5.44. The van der Waals surface area contributed by atoms with E-state index in [9.17, 15) is 13.2 Å². The Morgan fingerprint density at radius 1 is 1.10 bits per heavy atom. The molecule has 0 radical (unpaired) electrons. The number of benzene rings is 1. The van der Waals surface area contributed by atoms with Crippen LogP contribution in [0.4, 0.5) is 13.2 Å². The van der Waals surface area contributed by atoms with E-state index in [-0.39, 0.29) is 10.5 Å². The smallest absolute Gasteiger partial charge is 0.324 e. The van der Waals surface area contributed by atoms with Crippen molar-refractivity contribution in [2.75, 3.05) is 0 Å². The molecular formula is C15H19BrF3N. The molecule has 1 saturated carbocycles. The highest BCUT2D eigenvalue weighted by Gasteiger charge is 2.34. The average Bonchev–Trinajstić information content (AvgIpc) is 2.66. The average molecular weight is 350 g/mol. The Kier molecular flexibility index (Phi) is 5.13. The van der Waals surface area contributed by atoms with Gasteiger partial charge in [-0.15, -0.1) is 0 Å². The van der Waals surface area contributed by atoms with Crippen molar-refractivity contribution in [3.8, 4) is 0 Å². The number of rotatable bonds is 2. The molecule has 0 amide bonds. The van der Waals surface area contributed by atoms with Crippen molar-refractivity contribution in [2.45, 2.75) is 50.7 Å². The summed E-state index contributed by atoms with van der Waals surface area (Å²) in [7, 11) is 0. The first-order valence-electron chi connectivity index (χ1n) is 7.02. The van der Waals surface area contributed by atoms with Gasteiger partial charge in [-0.25, -0.2) is 0 Å². The van der Waals surface area contributed by atoms with E-state index >= 15 is 0 Å². The van der Waals surface area contributed by atoms with Gasteiger partial charge in [-0.05, 0) is 36.5 Å². The van der Waals surface area contributed by atoms with Gasteiger partial charge < -0.3 is 5.73 Å². The second-order valence-electron chi connectivity index (χ2n) is 5.51. The monoisotopic (exact) mass is 349 g/mol. The van der Waals surface area contributed by atoms with E-state index in [2.05, 4.69) is 15.9 Å². The fraction of sp³-hybridized carbons (Fsp3) is 0.600. The van der Waals surface area contributed by atoms with E-state index in [1.165, 1.54) is 25.0 Å². The van der Waals surface area contributed by atoms with E-state index in [0.29, 0.717) is 11.5 Å². The topological polar surface area (TPSA) is 26.0 Å². The van der Waals surface area contributed by atoms with Crippen LogP contribution in [0.5, 0.6) is 0 Å². The molecule has 0 bridgehead atoms. The van der Waals surface area contributed by atoms with Crippen molar-refractivity contribution < 1.29 is 13.2 Å². The predicted molar refractivity (Wildman–Crippen MR) is 77.3 cm³/mol. The van der Waals surface area contributed by atoms with Gasteiger partial charge in [0.2, 0.25) is 0 Å². The number of alkyl halides is 3. The first-order valence-corrected chi connectivity index (χ1v) is 7.81. The lowest BCUT2D eigenvalue weighted by Crippen LogP contribution is -2.22. The van der Waals surface area contributed by atoms with Gasteiger partial charge in [0.05, 0.1) is 5.56 Å². The van der Waals surface area contributed by atoms with Crippen LogP contribution in [0.1, 0.15) is 55.7 Å². The zero-order valence-electron chi connectivity index (χ0n) is 11.2. The third-order valence-electron chi connectivity index (χ3n) is 4.09. The van der Waals surface area contributed by atoms with Crippen LogP contribution in [-0.2, 0) is 6.18 Å². The third kappa shape index (κ3) is 3.76. The molecule has 112 valence electrons. The summed E-state index contributed by atoms with van der Waals surface area (Å²) in [6.07, 6.45) is 2.34. The molecule has 0 aliphatic heterocycles. The van der Waals surface area contributed by atoms with Crippen LogP contribution in [0.3, 0.4) is 0 Å². The van der Waals surface area contributed by atoms with Crippen LogP contribution >= 0.6 is 15.9 Å². The molecule has 0 heterocycles. The zero-order chi connectivity index (χ0) is 14.8. The van der Waals surface area contributed by atoms with Crippen LogP contribution in [0.2, 0.25) is 0 Å². The highest BCUT2D eigenvalue weighted by Crippen LogP contribution is 2.38. The lowest BCUT2D eigenvalue weighted by atomic mass is 9.87. The highest BCUT2D eigenvalue weighted by molar-refractivity contribution is 9.10. The van der Waals surface area contributed by atoms with Crippen molar-refractivity contribution in [1.82, 2.24) is 0 Å². The van der Waals surface area contributed by atoms with Crippen molar-refractivity contribution in [2.24, 2.45) is 11.7 Å². The maximum absolute atomic E-state index is 12.9. The summed E-state index contributed by atoms with van der Waals surface area (Å²) < 4.78 is 38.9.